The molecule has 2 aromatic rings. The molecule has 0 spiro atoms. The molecule has 1 aliphatic heterocycles. The molecule has 192 valence electrons. The van der Waals surface area contributed by atoms with Crippen molar-refractivity contribution in [1.82, 2.24) is 14.9 Å². The molecule has 10 nitrogen and oxygen atoms in total. The fraction of sp³-hybridized carbons (Fsp3) is 0.522. The van der Waals surface area contributed by atoms with E-state index in [4.69, 9.17) is 47.4 Å². The number of anilines is 3. The van der Waals surface area contributed by atoms with Crippen LogP contribution in [0.1, 0.15) is 12.5 Å². The van der Waals surface area contributed by atoms with Crippen LogP contribution in [0.4, 0.5) is 22.4 Å². The Labute approximate surface area is 216 Å². The summed E-state index contributed by atoms with van der Waals surface area (Å²) < 4.78 is 15.8. The van der Waals surface area contributed by atoms with Gasteiger partial charge in [-0.1, -0.05) is 29.3 Å². The monoisotopic (exact) mass is 526 g/mol. The lowest BCUT2D eigenvalue weighted by atomic mass is 10.2. The zero-order valence-electron chi connectivity index (χ0n) is 20.5. The summed E-state index contributed by atoms with van der Waals surface area (Å²) in [7, 11) is 5.11. The summed E-state index contributed by atoms with van der Waals surface area (Å²) >= 11 is 12.4. The van der Waals surface area contributed by atoms with Gasteiger partial charge in [0.05, 0.1) is 13.2 Å². The van der Waals surface area contributed by atoms with E-state index in [-0.39, 0.29) is 6.09 Å². The van der Waals surface area contributed by atoms with Gasteiger partial charge in [0.1, 0.15) is 11.6 Å². The summed E-state index contributed by atoms with van der Waals surface area (Å²) in [5.74, 6) is 1.91. The lowest BCUT2D eigenvalue weighted by molar-refractivity contribution is -0.0944. The van der Waals surface area contributed by atoms with Crippen LogP contribution in [0.15, 0.2) is 24.3 Å². The number of amides is 1. The van der Waals surface area contributed by atoms with E-state index < -0.39 is 6.29 Å². The lowest BCUT2D eigenvalue weighted by Crippen LogP contribution is -2.49. The Hall–Kier alpha value is -2.53. The first kappa shape index (κ1) is 27.1. The number of nitrogens with one attached hydrogen (secondary N) is 1. The number of methoxy groups -OCH3 is 2. The molecule has 1 aromatic heterocycles. The van der Waals surface area contributed by atoms with Crippen LogP contribution >= 0.6 is 23.2 Å². The average Bonchev–Trinajstić information content (AvgIpc) is 2.86. The first-order valence-electron chi connectivity index (χ1n) is 11.3. The lowest BCUT2D eigenvalue weighted by Gasteiger charge is -2.34. The molecule has 12 heteroatoms. The van der Waals surface area contributed by atoms with Gasteiger partial charge in [0.25, 0.3) is 0 Å². The van der Waals surface area contributed by atoms with Gasteiger partial charge >= 0.3 is 6.09 Å². The van der Waals surface area contributed by atoms with Crippen LogP contribution in [0.5, 0.6) is 0 Å². The number of rotatable bonds is 10. The van der Waals surface area contributed by atoms with Crippen molar-refractivity contribution in [1.29, 1.82) is 0 Å². The number of ether oxygens (including phenoxy) is 3. The number of benzene rings is 1. The highest BCUT2D eigenvalue weighted by molar-refractivity contribution is 6.35. The molecule has 1 aromatic carbocycles. The minimum Gasteiger partial charge on any atom is -0.450 e. The molecule has 2 heterocycles. The van der Waals surface area contributed by atoms with Crippen molar-refractivity contribution in [2.45, 2.75) is 19.8 Å². The molecule has 3 rings (SSSR count). The van der Waals surface area contributed by atoms with E-state index in [1.54, 1.807) is 38.2 Å². The van der Waals surface area contributed by atoms with Crippen LogP contribution in [-0.2, 0) is 20.8 Å². The zero-order chi connectivity index (χ0) is 25.4. The number of aromatic nitrogens is 2. The van der Waals surface area contributed by atoms with Crippen molar-refractivity contribution in [3.8, 4) is 0 Å². The number of carbonyl (C=O) groups is 1. The van der Waals surface area contributed by atoms with Gasteiger partial charge in [-0.15, -0.1) is 0 Å². The third kappa shape index (κ3) is 7.47. The fourth-order valence-electron chi connectivity index (χ4n) is 3.57. The Morgan fingerprint density at radius 1 is 1.14 bits per heavy atom. The van der Waals surface area contributed by atoms with Crippen molar-refractivity contribution in [2.24, 2.45) is 0 Å². The van der Waals surface area contributed by atoms with Crippen LogP contribution < -0.4 is 15.1 Å². The highest BCUT2D eigenvalue weighted by Gasteiger charge is 2.24. The average molecular weight is 527 g/mol. The highest BCUT2D eigenvalue weighted by atomic mass is 35.5. The summed E-state index contributed by atoms with van der Waals surface area (Å²) in [4.78, 5) is 27.3. The van der Waals surface area contributed by atoms with Gasteiger partial charge in [-0.05, 0) is 24.6 Å². The highest BCUT2D eigenvalue weighted by Crippen LogP contribution is 2.24. The van der Waals surface area contributed by atoms with E-state index in [9.17, 15) is 4.79 Å². The number of hydrogen-bond acceptors (Lipinski definition) is 9. The topological polar surface area (TPSA) is 92.3 Å². The molecule has 0 radical (unpaired) electrons. The maximum Gasteiger partial charge on any atom is 0.409 e. The second-order valence-corrected chi connectivity index (χ2v) is 8.80. The minimum atomic E-state index is -0.407. The molecule has 0 aliphatic carbocycles. The van der Waals surface area contributed by atoms with E-state index in [1.165, 1.54) is 0 Å². The van der Waals surface area contributed by atoms with Gasteiger partial charge in [-0.3, -0.25) is 0 Å². The molecule has 0 bridgehead atoms. The maximum absolute atomic E-state index is 12.1. The van der Waals surface area contributed by atoms with Gasteiger partial charge in [0.2, 0.25) is 5.95 Å². The normalized spacial score (nSPS) is 13.8. The minimum absolute atomic E-state index is 0.297. The van der Waals surface area contributed by atoms with Gasteiger partial charge in [-0.25, -0.2) is 4.79 Å². The van der Waals surface area contributed by atoms with Gasteiger partial charge < -0.3 is 34.2 Å². The Bertz CT molecular complexity index is 986. The molecule has 0 saturated carbocycles. The van der Waals surface area contributed by atoms with Crippen molar-refractivity contribution in [3.63, 3.8) is 0 Å². The molecular formula is C23H32Cl2N6O4. The van der Waals surface area contributed by atoms with Crippen LogP contribution in [0.25, 0.3) is 0 Å². The van der Waals surface area contributed by atoms with Gasteiger partial charge in [0, 0.05) is 70.1 Å². The third-order valence-electron chi connectivity index (χ3n) is 5.60. The van der Waals surface area contributed by atoms with Crippen LogP contribution in [0, 0.1) is 0 Å². The van der Waals surface area contributed by atoms with E-state index >= 15 is 0 Å². The van der Waals surface area contributed by atoms with E-state index in [1.807, 2.05) is 24.1 Å². The largest absolute Gasteiger partial charge is 0.450 e. The number of likely N-dealkylation sites (N-methyl/N-ethyl adjacent to an activating group) is 1. The van der Waals surface area contributed by atoms with Crippen molar-refractivity contribution >= 4 is 46.9 Å². The van der Waals surface area contributed by atoms with E-state index in [2.05, 4.69) is 10.2 Å². The van der Waals surface area contributed by atoms with Crippen LogP contribution in [0.3, 0.4) is 0 Å². The Morgan fingerprint density at radius 2 is 1.86 bits per heavy atom. The summed E-state index contributed by atoms with van der Waals surface area (Å²) in [5.41, 5.74) is 0.896. The van der Waals surface area contributed by atoms with Crippen LogP contribution in [0.2, 0.25) is 10.0 Å². The van der Waals surface area contributed by atoms with Gasteiger partial charge in [-0.2, -0.15) is 9.97 Å². The molecule has 1 amide bonds. The van der Waals surface area contributed by atoms with E-state index in [0.717, 1.165) is 5.56 Å². The van der Waals surface area contributed by atoms with Crippen molar-refractivity contribution in [3.05, 3.63) is 39.9 Å². The summed E-state index contributed by atoms with van der Waals surface area (Å²) in [6, 6.07) is 7.25. The molecule has 0 unspecified atom stereocenters. The van der Waals surface area contributed by atoms with Gasteiger partial charge in [0.15, 0.2) is 6.29 Å². The predicted molar refractivity (Wildman–Crippen MR) is 138 cm³/mol. The standard InChI is InChI=1S/C23H32Cl2N6O4/c1-5-35-23(32)31-10-8-30(9-11-31)22-27-19(26-14-16-6-7-17(24)12-18(16)25)13-20(28-22)29(2)15-21(33-3)34-4/h6-7,12-13,21H,5,8-11,14-15H2,1-4H3,(H,26,27,28). The first-order valence-corrected chi connectivity index (χ1v) is 12.1. The maximum atomic E-state index is 12.1. The third-order valence-corrected chi connectivity index (χ3v) is 6.19. The van der Waals surface area contributed by atoms with Crippen molar-refractivity contribution < 1.29 is 19.0 Å². The van der Waals surface area contributed by atoms with E-state index in [0.29, 0.717) is 73.5 Å². The second-order valence-electron chi connectivity index (χ2n) is 7.96. The Morgan fingerprint density at radius 3 is 2.49 bits per heavy atom. The van der Waals surface area contributed by atoms with Crippen LogP contribution in [-0.4, -0.2) is 87.8 Å². The number of nitrogens with zero attached hydrogens (tertiary/aromatic N) is 5. The summed E-state index contributed by atoms with van der Waals surface area (Å²) in [5, 5.41) is 4.50. The smallest absolute Gasteiger partial charge is 0.409 e. The summed E-state index contributed by atoms with van der Waals surface area (Å²) in [6.45, 7) is 5.33. The molecule has 1 fully saturated rings. The number of hydrogen-bond donors (Lipinski definition) is 1. The fourth-order valence-corrected chi connectivity index (χ4v) is 4.04. The van der Waals surface area contributed by atoms with Crippen molar-refractivity contribution in [2.75, 3.05) is 75.7 Å². The zero-order valence-corrected chi connectivity index (χ0v) is 22.0. The SMILES string of the molecule is CCOC(=O)N1CCN(c2nc(NCc3ccc(Cl)cc3Cl)cc(N(C)CC(OC)OC)n2)CC1. The molecular weight excluding hydrogens is 495 g/mol. The predicted octanol–water partition coefficient (Wildman–Crippen LogP) is 3.73. The molecule has 0 atom stereocenters. The second kappa shape index (κ2) is 13.0. The molecule has 1 aliphatic rings. The number of halogens is 2. The molecule has 1 N–H and O–H groups in total. The Balaban J connectivity index is 1.80. The summed E-state index contributed by atoms with van der Waals surface area (Å²) in [6.07, 6.45) is -0.704. The number of piperazine rings is 1. The Kier molecular flexibility index (Phi) is 10.0. The molecule has 1 saturated heterocycles. The quantitative estimate of drug-likeness (QED) is 0.464. The molecule has 35 heavy (non-hydrogen) atoms. The number of carbonyl (C=O) groups excluding carboxylic acids is 1. The first-order chi connectivity index (χ1) is 16.8.